The van der Waals surface area contributed by atoms with Crippen LogP contribution in [0, 0.1) is 5.92 Å². The van der Waals surface area contributed by atoms with Crippen molar-refractivity contribution in [3.8, 4) is 0 Å². The van der Waals surface area contributed by atoms with E-state index in [1.165, 1.54) is 12.8 Å². The molecule has 114 valence electrons. The van der Waals surface area contributed by atoms with Crippen molar-refractivity contribution < 1.29 is 9.90 Å². The lowest BCUT2D eigenvalue weighted by Crippen LogP contribution is -2.50. The van der Waals surface area contributed by atoms with Crippen LogP contribution in [0.5, 0.6) is 0 Å². The number of aliphatic hydroxyl groups is 1. The van der Waals surface area contributed by atoms with Gasteiger partial charge in [0.2, 0.25) is 5.91 Å². The number of hydrogen-bond acceptors (Lipinski definition) is 4. The van der Waals surface area contributed by atoms with Crippen LogP contribution in [-0.2, 0) is 4.79 Å². The molecule has 0 spiro atoms. The molecular formula is C16H22N2O2S. The van der Waals surface area contributed by atoms with Crippen molar-refractivity contribution >= 4 is 23.3 Å². The fourth-order valence-corrected chi connectivity index (χ4v) is 3.31. The zero-order valence-corrected chi connectivity index (χ0v) is 13.0. The molecule has 5 heteroatoms. The molecule has 1 aromatic heterocycles. The number of carbonyl (C=O) groups is 1. The third kappa shape index (κ3) is 4.15. The molecule has 1 aliphatic carbocycles. The van der Waals surface area contributed by atoms with Gasteiger partial charge in [-0.3, -0.25) is 9.69 Å². The van der Waals surface area contributed by atoms with Crippen LogP contribution >= 0.6 is 11.3 Å². The highest BCUT2D eigenvalue weighted by Gasteiger charge is 2.31. The molecule has 1 aromatic rings. The van der Waals surface area contributed by atoms with E-state index in [1.54, 1.807) is 17.4 Å². The Balaban J connectivity index is 1.43. The number of nitrogens with zero attached hydrogens (tertiary/aromatic N) is 2. The van der Waals surface area contributed by atoms with Gasteiger partial charge in [0.15, 0.2) is 0 Å². The molecule has 0 aromatic carbocycles. The third-order valence-electron chi connectivity index (χ3n) is 4.23. The molecule has 1 N–H and O–H groups in total. The van der Waals surface area contributed by atoms with Crippen LogP contribution in [0.2, 0.25) is 0 Å². The number of amides is 1. The van der Waals surface area contributed by atoms with E-state index in [0.29, 0.717) is 5.92 Å². The zero-order chi connectivity index (χ0) is 14.7. The first-order chi connectivity index (χ1) is 10.2. The van der Waals surface area contributed by atoms with Crippen LogP contribution in [0.3, 0.4) is 0 Å². The lowest BCUT2D eigenvalue weighted by Gasteiger charge is -2.35. The monoisotopic (exact) mass is 306 g/mol. The molecule has 1 saturated carbocycles. The summed E-state index contributed by atoms with van der Waals surface area (Å²) in [4.78, 5) is 17.4. The van der Waals surface area contributed by atoms with Crippen LogP contribution in [-0.4, -0.2) is 59.6 Å². The second kappa shape index (κ2) is 6.73. The number of aliphatic hydroxyl groups excluding tert-OH is 1. The van der Waals surface area contributed by atoms with Gasteiger partial charge in [-0.1, -0.05) is 6.07 Å². The van der Waals surface area contributed by atoms with Gasteiger partial charge >= 0.3 is 0 Å². The van der Waals surface area contributed by atoms with Crippen LogP contribution in [0.4, 0.5) is 0 Å². The third-order valence-corrected chi connectivity index (χ3v) is 5.07. The second-order valence-corrected chi connectivity index (χ2v) is 6.86. The highest BCUT2D eigenvalue weighted by atomic mass is 32.1. The molecule has 0 unspecified atom stereocenters. The minimum Gasteiger partial charge on any atom is -0.392 e. The van der Waals surface area contributed by atoms with Gasteiger partial charge in [0.25, 0.3) is 0 Å². The maximum atomic E-state index is 12.1. The molecule has 2 heterocycles. The van der Waals surface area contributed by atoms with Crippen LogP contribution in [0.25, 0.3) is 6.08 Å². The van der Waals surface area contributed by atoms with Gasteiger partial charge in [-0.25, -0.2) is 0 Å². The number of rotatable bonds is 5. The lowest BCUT2D eigenvalue weighted by molar-refractivity contribution is -0.127. The van der Waals surface area contributed by atoms with Crippen LogP contribution in [0.15, 0.2) is 23.6 Å². The highest BCUT2D eigenvalue weighted by Crippen LogP contribution is 2.32. The summed E-state index contributed by atoms with van der Waals surface area (Å²) in [7, 11) is 0. The van der Waals surface area contributed by atoms with Crippen LogP contribution in [0.1, 0.15) is 17.7 Å². The summed E-state index contributed by atoms with van der Waals surface area (Å²) < 4.78 is 0. The maximum Gasteiger partial charge on any atom is 0.246 e. The molecule has 2 fully saturated rings. The van der Waals surface area contributed by atoms with Crippen molar-refractivity contribution in [2.45, 2.75) is 18.9 Å². The predicted molar refractivity (Wildman–Crippen MR) is 85.1 cm³/mol. The molecule has 0 radical (unpaired) electrons. The first-order valence-electron chi connectivity index (χ1n) is 7.63. The molecule has 21 heavy (non-hydrogen) atoms. The van der Waals surface area contributed by atoms with Gasteiger partial charge in [-0.15, -0.1) is 11.3 Å². The SMILES string of the molecule is O=C(/C=C/c1cccs1)N1CCN(C[C@@H](O)C2CC2)CC1. The summed E-state index contributed by atoms with van der Waals surface area (Å²) >= 11 is 1.63. The predicted octanol–water partition coefficient (Wildman–Crippen LogP) is 1.68. The number of hydrogen-bond donors (Lipinski definition) is 1. The van der Waals surface area contributed by atoms with E-state index in [0.717, 1.165) is 37.6 Å². The first kappa shape index (κ1) is 14.8. The molecule has 2 aliphatic rings. The molecule has 1 amide bonds. The van der Waals surface area contributed by atoms with Gasteiger partial charge in [0, 0.05) is 43.7 Å². The normalized spacial score (nSPS) is 21.9. The molecule has 3 rings (SSSR count). The minimum absolute atomic E-state index is 0.0887. The standard InChI is InChI=1S/C16H22N2O2S/c19-15(13-3-4-13)12-17-7-9-18(10-8-17)16(20)6-5-14-2-1-11-21-14/h1-2,5-6,11,13,15,19H,3-4,7-10,12H2/b6-5+/t15-/m1/s1. The van der Waals surface area contributed by atoms with E-state index in [2.05, 4.69) is 4.90 Å². The largest absolute Gasteiger partial charge is 0.392 e. The van der Waals surface area contributed by atoms with E-state index in [9.17, 15) is 9.90 Å². The Morgan fingerprint density at radius 3 is 2.76 bits per heavy atom. The summed E-state index contributed by atoms with van der Waals surface area (Å²) in [6, 6.07) is 3.99. The van der Waals surface area contributed by atoms with Crippen molar-refractivity contribution in [1.29, 1.82) is 0 Å². The number of β-amino-alcohol motifs (C(OH)–C–C–N with tert-alkyl or cyclic N) is 1. The fraction of sp³-hybridized carbons (Fsp3) is 0.562. The topological polar surface area (TPSA) is 43.8 Å². The van der Waals surface area contributed by atoms with Gasteiger partial charge in [-0.05, 0) is 36.3 Å². The Labute approximate surface area is 129 Å². The summed E-state index contributed by atoms with van der Waals surface area (Å²) in [5.41, 5.74) is 0. The van der Waals surface area contributed by atoms with E-state index < -0.39 is 0 Å². The van der Waals surface area contributed by atoms with Gasteiger partial charge in [-0.2, -0.15) is 0 Å². The molecular weight excluding hydrogens is 284 g/mol. The van der Waals surface area contributed by atoms with Gasteiger partial charge < -0.3 is 10.0 Å². The van der Waals surface area contributed by atoms with Gasteiger partial charge in [0.05, 0.1) is 6.10 Å². The quantitative estimate of drug-likeness (QED) is 0.842. The smallest absolute Gasteiger partial charge is 0.246 e. The van der Waals surface area contributed by atoms with Crippen molar-refractivity contribution in [2.24, 2.45) is 5.92 Å². The van der Waals surface area contributed by atoms with E-state index in [4.69, 9.17) is 0 Å². The molecule has 4 nitrogen and oxygen atoms in total. The van der Waals surface area contributed by atoms with Crippen molar-refractivity contribution in [2.75, 3.05) is 32.7 Å². The Bertz CT molecular complexity index is 488. The van der Waals surface area contributed by atoms with E-state index in [-0.39, 0.29) is 12.0 Å². The zero-order valence-electron chi connectivity index (χ0n) is 12.1. The first-order valence-corrected chi connectivity index (χ1v) is 8.51. The Morgan fingerprint density at radius 2 is 2.14 bits per heavy atom. The van der Waals surface area contributed by atoms with Crippen molar-refractivity contribution in [3.05, 3.63) is 28.5 Å². The molecule has 1 atom stereocenters. The fourth-order valence-electron chi connectivity index (χ4n) is 2.69. The van der Waals surface area contributed by atoms with E-state index >= 15 is 0 Å². The second-order valence-electron chi connectivity index (χ2n) is 5.88. The average Bonchev–Trinajstić information content (AvgIpc) is 3.23. The van der Waals surface area contributed by atoms with Crippen molar-refractivity contribution in [3.63, 3.8) is 0 Å². The molecule has 1 aliphatic heterocycles. The Hall–Kier alpha value is -1.17. The minimum atomic E-state index is -0.175. The highest BCUT2D eigenvalue weighted by molar-refractivity contribution is 7.10. The molecule has 1 saturated heterocycles. The average molecular weight is 306 g/mol. The summed E-state index contributed by atoms with van der Waals surface area (Å²) in [5, 5.41) is 12.0. The summed E-state index contributed by atoms with van der Waals surface area (Å²) in [5.74, 6) is 0.615. The number of piperazine rings is 1. The summed E-state index contributed by atoms with van der Waals surface area (Å²) in [6.07, 6.45) is 5.72. The van der Waals surface area contributed by atoms with Crippen LogP contribution < -0.4 is 0 Å². The molecule has 0 bridgehead atoms. The van der Waals surface area contributed by atoms with Gasteiger partial charge in [0.1, 0.15) is 0 Å². The number of thiophene rings is 1. The van der Waals surface area contributed by atoms with E-state index in [1.807, 2.05) is 28.5 Å². The summed E-state index contributed by atoms with van der Waals surface area (Å²) in [6.45, 7) is 4.00. The lowest BCUT2D eigenvalue weighted by atomic mass is 10.2. The Morgan fingerprint density at radius 1 is 1.38 bits per heavy atom. The maximum absolute atomic E-state index is 12.1. The number of carbonyl (C=O) groups excluding carboxylic acids is 1. The Kier molecular flexibility index (Phi) is 4.73. The van der Waals surface area contributed by atoms with Crippen molar-refractivity contribution in [1.82, 2.24) is 9.80 Å².